The Balaban J connectivity index is 1.53. The Labute approximate surface area is 206 Å². The lowest BCUT2D eigenvalue weighted by molar-refractivity contribution is 0.303. The number of aryl methyl sites for hydroxylation is 2. The molecule has 3 aromatic carbocycles. The maximum atomic E-state index is 15.0. The average Bonchev–Trinajstić information content (AvgIpc) is 2.86. The third-order valence-corrected chi connectivity index (χ3v) is 7.27. The van der Waals surface area contributed by atoms with E-state index in [1.54, 1.807) is 0 Å². The van der Waals surface area contributed by atoms with Gasteiger partial charge in [0.25, 0.3) is 0 Å². The third-order valence-electron chi connectivity index (χ3n) is 7.27. The van der Waals surface area contributed by atoms with Gasteiger partial charge in [-0.05, 0) is 79.2 Å². The Kier molecular flexibility index (Phi) is 8.06. The summed E-state index contributed by atoms with van der Waals surface area (Å²) in [6.45, 7) is 2.13. The summed E-state index contributed by atoms with van der Waals surface area (Å²) in [6, 6.07) is 6.71. The maximum absolute atomic E-state index is 15.0. The highest BCUT2D eigenvalue weighted by Gasteiger charge is 2.27. The van der Waals surface area contributed by atoms with Crippen LogP contribution in [0.1, 0.15) is 68.1 Å². The molecule has 3 aromatic rings. The van der Waals surface area contributed by atoms with E-state index in [0.717, 1.165) is 56.7 Å². The first kappa shape index (κ1) is 26.2. The third kappa shape index (κ3) is 5.30. The van der Waals surface area contributed by atoms with E-state index >= 15 is 8.78 Å². The predicted molar refractivity (Wildman–Crippen MR) is 125 cm³/mol. The van der Waals surface area contributed by atoms with Gasteiger partial charge >= 0.3 is 0 Å². The van der Waals surface area contributed by atoms with Crippen molar-refractivity contribution in [2.75, 3.05) is 0 Å². The molecule has 192 valence electrons. The van der Waals surface area contributed by atoms with E-state index in [2.05, 4.69) is 6.92 Å². The second-order valence-electron chi connectivity index (χ2n) is 9.61. The Morgan fingerprint density at radius 1 is 0.639 bits per heavy atom. The van der Waals surface area contributed by atoms with Crippen molar-refractivity contribution in [1.82, 2.24) is 0 Å². The van der Waals surface area contributed by atoms with Crippen molar-refractivity contribution < 1.29 is 30.7 Å². The fourth-order valence-corrected chi connectivity index (χ4v) is 5.28. The lowest BCUT2D eigenvalue weighted by atomic mass is 9.77. The SMILES string of the molecule is CCCC1CCC(c2ccc(-c3ccc(CCc4cc(F)c(F)c(F)c4)c(F)c3F)c(F)c2F)CC1. The minimum absolute atomic E-state index is 0.0720. The van der Waals surface area contributed by atoms with Gasteiger partial charge in [0.1, 0.15) is 0 Å². The Bertz CT molecular complexity index is 1220. The van der Waals surface area contributed by atoms with E-state index in [-0.39, 0.29) is 41.0 Å². The van der Waals surface area contributed by atoms with Crippen molar-refractivity contribution >= 4 is 0 Å². The van der Waals surface area contributed by atoms with E-state index in [4.69, 9.17) is 0 Å². The molecule has 0 nitrogen and oxygen atoms in total. The highest BCUT2D eigenvalue weighted by molar-refractivity contribution is 5.66. The van der Waals surface area contributed by atoms with Crippen LogP contribution >= 0.6 is 0 Å². The largest absolute Gasteiger partial charge is 0.204 e. The number of halogens is 7. The first-order chi connectivity index (χ1) is 17.2. The minimum atomic E-state index is -1.61. The van der Waals surface area contributed by atoms with Crippen molar-refractivity contribution in [2.45, 2.75) is 64.2 Å². The highest BCUT2D eigenvalue weighted by atomic mass is 19.2. The molecule has 1 aliphatic carbocycles. The molecular weight excluding hydrogens is 481 g/mol. The summed E-state index contributed by atoms with van der Waals surface area (Å²) in [6.07, 6.45) is 5.45. The topological polar surface area (TPSA) is 0 Å². The molecule has 36 heavy (non-hydrogen) atoms. The van der Waals surface area contributed by atoms with E-state index in [1.165, 1.54) is 18.2 Å². The molecule has 0 aromatic heterocycles. The van der Waals surface area contributed by atoms with E-state index in [9.17, 15) is 22.0 Å². The molecule has 0 spiro atoms. The molecule has 0 amide bonds. The van der Waals surface area contributed by atoms with E-state index in [0.29, 0.717) is 5.92 Å². The van der Waals surface area contributed by atoms with Crippen LogP contribution in [0.15, 0.2) is 36.4 Å². The molecule has 0 N–H and O–H groups in total. The highest BCUT2D eigenvalue weighted by Crippen LogP contribution is 2.40. The normalized spacial score (nSPS) is 18.0. The van der Waals surface area contributed by atoms with Crippen LogP contribution in [0.3, 0.4) is 0 Å². The van der Waals surface area contributed by atoms with Gasteiger partial charge in [-0.25, -0.2) is 30.7 Å². The van der Waals surface area contributed by atoms with Gasteiger partial charge in [-0.15, -0.1) is 0 Å². The summed E-state index contributed by atoms with van der Waals surface area (Å²) in [5.41, 5.74) is -0.556. The zero-order chi connectivity index (χ0) is 26.0. The van der Waals surface area contributed by atoms with Crippen LogP contribution in [0.25, 0.3) is 11.1 Å². The first-order valence-corrected chi connectivity index (χ1v) is 12.3. The number of hydrogen-bond acceptors (Lipinski definition) is 0. The Morgan fingerprint density at radius 3 is 1.83 bits per heavy atom. The van der Waals surface area contributed by atoms with Crippen molar-refractivity contribution in [1.29, 1.82) is 0 Å². The Hall–Kier alpha value is -2.83. The summed E-state index contributed by atoms with van der Waals surface area (Å²) in [4.78, 5) is 0. The Morgan fingerprint density at radius 2 is 1.22 bits per heavy atom. The van der Waals surface area contributed by atoms with Crippen LogP contribution in [0, 0.1) is 46.6 Å². The number of hydrogen-bond donors (Lipinski definition) is 0. The molecule has 1 fully saturated rings. The van der Waals surface area contributed by atoms with Crippen LogP contribution in [0.2, 0.25) is 0 Å². The standard InChI is InChI=1S/C29H27F7/c1-2-3-16-4-7-18(8-5-16)20-12-13-22(28(35)26(20)33)21-11-10-19(25(32)27(21)34)9-6-17-14-23(30)29(36)24(31)15-17/h10-16,18H,2-9H2,1H3. The second-order valence-corrected chi connectivity index (χ2v) is 9.61. The summed E-state index contributed by atoms with van der Waals surface area (Å²) < 4.78 is 99.6. The molecule has 4 rings (SSSR count). The van der Waals surface area contributed by atoms with Gasteiger partial charge in [-0.3, -0.25) is 0 Å². The van der Waals surface area contributed by atoms with Crippen molar-refractivity contribution in [3.05, 3.63) is 93.8 Å². The lowest BCUT2D eigenvalue weighted by Crippen LogP contribution is -2.15. The van der Waals surface area contributed by atoms with Crippen LogP contribution < -0.4 is 0 Å². The maximum Gasteiger partial charge on any atom is 0.194 e. The molecule has 0 unspecified atom stereocenters. The summed E-state index contributed by atoms with van der Waals surface area (Å²) in [5.74, 6) is -8.69. The molecule has 0 bridgehead atoms. The van der Waals surface area contributed by atoms with E-state index in [1.807, 2.05) is 0 Å². The van der Waals surface area contributed by atoms with Crippen LogP contribution in [0.4, 0.5) is 30.7 Å². The van der Waals surface area contributed by atoms with Gasteiger partial charge in [0.05, 0.1) is 0 Å². The predicted octanol–water partition coefficient (Wildman–Crippen LogP) is 9.19. The van der Waals surface area contributed by atoms with E-state index < -0.39 is 46.3 Å². The molecule has 0 aliphatic heterocycles. The summed E-state index contributed by atoms with van der Waals surface area (Å²) in [5, 5.41) is 0. The molecular formula is C29H27F7. The van der Waals surface area contributed by atoms with Gasteiger partial charge in [0.15, 0.2) is 40.7 Å². The van der Waals surface area contributed by atoms with Gasteiger partial charge in [-0.1, -0.05) is 44.0 Å². The van der Waals surface area contributed by atoms with Gasteiger partial charge < -0.3 is 0 Å². The monoisotopic (exact) mass is 508 g/mol. The summed E-state index contributed by atoms with van der Waals surface area (Å²) in [7, 11) is 0. The fraction of sp³-hybridized carbons (Fsp3) is 0.379. The van der Waals surface area contributed by atoms with Gasteiger partial charge in [0.2, 0.25) is 0 Å². The molecule has 7 heteroatoms. The second kappa shape index (κ2) is 11.1. The quantitative estimate of drug-likeness (QED) is 0.220. The van der Waals surface area contributed by atoms with Gasteiger partial charge in [-0.2, -0.15) is 0 Å². The summed E-state index contributed by atoms with van der Waals surface area (Å²) >= 11 is 0. The van der Waals surface area contributed by atoms with Crippen molar-refractivity contribution in [3.8, 4) is 11.1 Å². The molecule has 0 heterocycles. The van der Waals surface area contributed by atoms with Crippen LogP contribution in [-0.2, 0) is 12.8 Å². The zero-order valence-electron chi connectivity index (χ0n) is 19.9. The smallest absolute Gasteiger partial charge is 0.194 e. The average molecular weight is 509 g/mol. The van der Waals surface area contributed by atoms with Gasteiger partial charge in [0, 0.05) is 11.1 Å². The lowest BCUT2D eigenvalue weighted by Gasteiger charge is -2.29. The molecule has 1 aliphatic rings. The minimum Gasteiger partial charge on any atom is -0.204 e. The first-order valence-electron chi connectivity index (χ1n) is 12.3. The molecule has 0 radical (unpaired) electrons. The zero-order valence-corrected chi connectivity index (χ0v) is 19.9. The fourth-order valence-electron chi connectivity index (χ4n) is 5.28. The van der Waals surface area contributed by atoms with Crippen LogP contribution in [0.5, 0.6) is 0 Å². The van der Waals surface area contributed by atoms with Crippen LogP contribution in [-0.4, -0.2) is 0 Å². The number of benzene rings is 3. The van der Waals surface area contributed by atoms with Crippen molar-refractivity contribution in [2.24, 2.45) is 5.92 Å². The number of rotatable bonds is 7. The molecule has 1 saturated carbocycles. The molecule has 0 saturated heterocycles. The molecule has 0 atom stereocenters. The van der Waals surface area contributed by atoms with Crippen molar-refractivity contribution in [3.63, 3.8) is 0 Å².